The number of carbonyl (C=O) groups excluding carboxylic acids is 1. The van der Waals surface area contributed by atoms with Crippen molar-refractivity contribution in [3.8, 4) is 0 Å². The van der Waals surface area contributed by atoms with Crippen LogP contribution in [0.1, 0.15) is 24.8 Å². The molecule has 1 unspecified atom stereocenters. The predicted octanol–water partition coefficient (Wildman–Crippen LogP) is 1.84. The first-order valence-corrected chi connectivity index (χ1v) is 5.13. The van der Waals surface area contributed by atoms with E-state index < -0.39 is 16.8 Å². The number of nitro benzene ring substituents is 1. The number of anilines is 1. The molecule has 0 amide bonds. The Bertz CT molecular complexity index is 445. The SMILES string of the molecule is CCC(C(=O)OC)c1cccc([N+](=O)[O-])c1N. The van der Waals surface area contributed by atoms with E-state index in [9.17, 15) is 14.9 Å². The zero-order valence-electron chi connectivity index (χ0n) is 9.67. The minimum Gasteiger partial charge on any atom is -0.469 e. The largest absolute Gasteiger partial charge is 0.469 e. The molecule has 2 N–H and O–H groups in total. The summed E-state index contributed by atoms with van der Waals surface area (Å²) in [5.74, 6) is -1.01. The van der Waals surface area contributed by atoms with Crippen LogP contribution in [-0.4, -0.2) is 18.0 Å². The van der Waals surface area contributed by atoms with Crippen LogP contribution in [0.15, 0.2) is 18.2 Å². The van der Waals surface area contributed by atoms with Gasteiger partial charge in [0.15, 0.2) is 0 Å². The Hall–Kier alpha value is -2.11. The molecule has 0 aromatic heterocycles. The molecule has 1 rings (SSSR count). The van der Waals surface area contributed by atoms with Crippen molar-refractivity contribution in [1.29, 1.82) is 0 Å². The minimum atomic E-state index is -0.570. The van der Waals surface area contributed by atoms with Gasteiger partial charge in [-0.05, 0) is 12.0 Å². The van der Waals surface area contributed by atoms with Crippen LogP contribution < -0.4 is 5.73 Å². The van der Waals surface area contributed by atoms with Crippen molar-refractivity contribution in [2.45, 2.75) is 19.3 Å². The monoisotopic (exact) mass is 238 g/mol. The van der Waals surface area contributed by atoms with Gasteiger partial charge in [0.2, 0.25) is 0 Å². The van der Waals surface area contributed by atoms with Gasteiger partial charge in [-0.15, -0.1) is 0 Å². The summed E-state index contributed by atoms with van der Waals surface area (Å²) in [6, 6.07) is 4.42. The normalized spacial score (nSPS) is 11.9. The Morgan fingerprint density at radius 3 is 2.71 bits per heavy atom. The first-order chi connectivity index (χ1) is 8.02. The Kier molecular flexibility index (Phi) is 4.03. The van der Waals surface area contributed by atoms with E-state index in [2.05, 4.69) is 4.74 Å². The molecule has 1 aromatic carbocycles. The number of methoxy groups -OCH3 is 1. The third-order valence-corrected chi connectivity index (χ3v) is 2.58. The third kappa shape index (κ3) is 2.52. The van der Waals surface area contributed by atoms with Gasteiger partial charge in [-0.25, -0.2) is 0 Å². The summed E-state index contributed by atoms with van der Waals surface area (Å²) in [5, 5.41) is 10.7. The summed E-state index contributed by atoms with van der Waals surface area (Å²) in [5.41, 5.74) is 5.98. The van der Waals surface area contributed by atoms with E-state index in [1.54, 1.807) is 13.0 Å². The lowest BCUT2D eigenvalue weighted by atomic mass is 9.94. The molecule has 17 heavy (non-hydrogen) atoms. The van der Waals surface area contributed by atoms with Gasteiger partial charge in [0.25, 0.3) is 5.69 Å². The molecule has 0 radical (unpaired) electrons. The van der Waals surface area contributed by atoms with E-state index in [-0.39, 0.29) is 11.4 Å². The highest BCUT2D eigenvalue weighted by atomic mass is 16.6. The summed E-state index contributed by atoms with van der Waals surface area (Å²) in [6.45, 7) is 1.79. The zero-order valence-corrected chi connectivity index (χ0v) is 9.67. The highest BCUT2D eigenvalue weighted by Gasteiger charge is 2.25. The fraction of sp³-hybridized carbons (Fsp3) is 0.364. The molecule has 0 aliphatic carbocycles. The fourth-order valence-electron chi connectivity index (χ4n) is 1.69. The Morgan fingerprint density at radius 1 is 1.59 bits per heavy atom. The van der Waals surface area contributed by atoms with E-state index in [1.165, 1.54) is 19.2 Å². The van der Waals surface area contributed by atoms with Gasteiger partial charge in [-0.3, -0.25) is 14.9 Å². The molecule has 0 saturated heterocycles. The second kappa shape index (κ2) is 5.29. The maximum atomic E-state index is 11.5. The second-order valence-corrected chi connectivity index (χ2v) is 3.52. The van der Waals surface area contributed by atoms with E-state index in [0.717, 1.165) is 0 Å². The maximum Gasteiger partial charge on any atom is 0.313 e. The molecule has 0 fully saturated rings. The van der Waals surface area contributed by atoms with Crippen LogP contribution in [0, 0.1) is 10.1 Å². The number of ether oxygens (including phenoxy) is 1. The minimum absolute atomic E-state index is 0.0229. The second-order valence-electron chi connectivity index (χ2n) is 3.52. The fourth-order valence-corrected chi connectivity index (χ4v) is 1.69. The first-order valence-electron chi connectivity index (χ1n) is 5.13. The molecular formula is C11H14N2O4. The predicted molar refractivity (Wildman–Crippen MR) is 62.6 cm³/mol. The molecule has 6 nitrogen and oxygen atoms in total. The number of rotatable bonds is 4. The van der Waals surface area contributed by atoms with Gasteiger partial charge in [0, 0.05) is 6.07 Å². The molecule has 0 bridgehead atoms. The molecular weight excluding hydrogens is 224 g/mol. The van der Waals surface area contributed by atoms with Crippen LogP contribution in [0.3, 0.4) is 0 Å². The molecule has 1 atom stereocenters. The number of benzene rings is 1. The number of esters is 1. The average molecular weight is 238 g/mol. The van der Waals surface area contributed by atoms with E-state index >= 15 is 0 Å². The summed E-state index contributed by atoms with van der Waals surface area (Å²) in [4.78, 5) is 21.7. The highest BCUT2D eigenvalue weighted by molar-refractivity contribution is 5.82. The zero-order chi connectivity index (χ0) is 13.0. The van der Waals surface area contributed by atoms with Crippen LogP contribution in [0.4, 0.5) is 11.4 Å². The number of hydrogen-bond acceptors (Lipinski definition) is 5. The number of nitro groups is 1. The summed E-state index contributed by atoms with van der Waals surface area (Å²) >= 11 is 0. The van der Waals surface area contributed by atoms with E-state index in [4.69, 9.17) is 5.73 Å². The number of nitrogens with two attached hydrogens (primary N) is 1. The standard InChI is InChI=1S/C11H14N2O4/c1-3-7(11(14)17-2)8-5-4-6-9(10(8)12)13(15)16/h4-7H,3,12H2,1-2H3. The maximum absolute atomic E-state index is 11.5. The van der Waals surface area contributed by atoms with Crippen molar-refractivity contribution in [2.75, 3.05) is 12.8 Å². The summed E-state index contributed by atoms with van der Waals surface area (Å²) in [7, 11) is 1.28. The van der Waals surface area contributed by atoms with Crippen molar-refractivity contribution < 1.29 is 14.5 Å². The Balaban J connectivity index is 3.25. The van der Waals surface area contributed by atoms with Gasteiger partial charge in [0.05, 0.1) is 18.0 Å². The molecule has 0 aliphatic rings. The van der Waals surface area contributed by atoms with Crippen LogP contribution >= 0.6 is 0 Å². The van der Waals surface area contributed by atoms with Crippen molar-refractivity contribution in [2.24, 2.45) is 0 Å². The number of nitrogens with zero attached hydrogens (tertiary/aromatic N) is 1. The lowest BCUT2D eigenvalue weighted by Gasteiger charge is -2.14. The lowest BCUT2D eigenvalue weighted by Crippen LogP contribution is -2.15. The van der Waals surface area contributed by atoms with Crippen LogP contribution in [-0.2, 0) is 9.53 Å². The van der Waals surface area contributed by atoms with Crippen molar-refractivity contribution in [1.82, 2.24) is 0 Å². The van der Waals surface area contributed by atoms with Gasteiger partial charge in [-0.1, -0.05) is 19.1 Å². The van der Waals surface area contributed by atoms with Crippen LogP contribution in [0.2, 0.25) is 0 Å². The van der Waals surface area contributed by atoms with Gasteiger partial charge in [-0.2, -0.15) is 0 Å². The summed E-state index contributed by atoms with van der Waals surface area (Å²) in [6.07, 6.45) is 0.470. The van der Waals surface area contributed by atoms with Crippen molar-refractivity contribution in [3.05, 3.63) is 33.9 Å². The quantitative estimate of drug-likeness (QED) is 0.373. The average Bonchev–Trinajstić information content (AvgIpc) is 2.31. The number of carbonyl (C=O) groups is 1. The van der Waals surface area contributed by atoms with Crippen molar-refractivity contribution >= 4 is 17.3 Å². The van der Waals surface area contributed by atoms with Crippen LogP contribution in [0.5, 0.6) is 0 Å². The van der Waals surface area contributed by atoms with Gasteiger partial charge >= 0.3 is 5.97 Å². The van der Waals surface area contributed by atoms with Crippen LogP contribution in [0.25, 0.3) is 0 Å². The molecule has 0 saturated carbocycles. The topological polar surface area (TPSA) is 95.5 Å². The molecule has 1 aromatic rings. The summed E-state index contributed by atoms with van der Waals surface area (Å²) < 4.78 is 4.65. The molecule has 92 valence electrons. The van der Waals surface area contributed by atoms with E-state index in [1.807, 2.05) is 0 Å². The first kappa shape index (κ1) is 13.0. The molecule has 0 heterocycles. The number of nitrogen functional groups attached to an aromatic ring is 1. The van der Waals surface area contributed by atoms with Crippen molar-refractivity contribution in [3.63, 3.8) is 0 Å². The smallest absolute Gasteiger partial charge is 0.313 e. The third-order valence-electron chi connectivity index (χ3n) is 2.58. The highest BCUT2D eigenvalue weighted by Crippen LogP contribution is 2.32. The van der Waals surface area contributed by atoms with E-state index in [0.29, 0.717) is 12.0 Å². The van der Waals surface area contributed by atoms with Gasteiger partial charge in [0.1, 0.15) is 5.69 Å². The number of para-hydroxylation sites is 1. The molecule has 6 heteroatoms. The lowest BCUT2D eigenvalue weighted by molar-refractivity contribution is -0.383. The Labute approximate surface area is 98.5 Å². The van der Waals surface area contributed by atoms with Gasteiger partial charge < -0.3 is 10.5 Å². The Morgan fingerprint density at radius 2 is 2.24 bits per heavy atom. The molecule has 0 spiro atoms. The number of hydrogen-bond donors (Lipinski definition) is 1. The molecule has 0 aliphatic heterocycles.